The van der Waals surface area contributed by atoms with E-state index in [4.69, 9.17) is 4.74 Å². The van der Waals surface area contributed by atoms with Crippen LogP contribution in [0.3, 0.4) is 0 Å². The van der Waals surface area contributed by atoms with Crippen LogP contribution < -0.4 is 20.5 Å². The monoisotopic (exact) mass is 327 g/mol. The maximum atomic E-state index is 11.8. The number of aromatic nitrogens is 3. The van der Waals surface area contributed by atoms with Gasteiger partial charge in [-0.25, -0.2) is 10.1 Å². The summed E-state index contributed by atoms with van der Waals surface area (Å²) in [6.45, 7) is 5.30. The fourth-order valence-corrected chi connectivity index (χ4v) is 3.35. The highest BCUT2D eigenvalue weighted by Gasteiger charge is 2.23. The molecular weight excluding hydrogens is 306 g/mol. The third-order valence-corrected chi connectivity index (χ3v) is 4.77. The van der Waals surface area contributed by atoms with E-state index < -0.39 is 0 Å². The molecule has 0 unspecified atom stereocenters. The smallest absolute Gasteiger partial charge is 0.269 e. The van der Waals surface area contributed by atoms with E-state index in [1.54, 1.807) is 6.20 Å². The predicted octanol–water partition coefficient (Wildman–Crippen LogP) is 1.12. The van der Waals surface area contributed by atoms with Crippen LogP contribution in [0.4, 0.5) is 5.69 Å². The summed E-state index contributed by atoms with van der Waals surface area (Å²) in [7, 11) is 0. The van der Waals surface area contributed by atoms with Crippen LogP contribution in [-0.4, -0.2) is 34.4 Å². The van der Waals surface area contributed by atoms with Gasteiger partial charge in [0.2, 0.25) is 5.88 Å². The number of pyridine rings is 1. The van der Waals surface area contributed by atoms with Crippen LogP contribution in [0.15, 0.2) is 23.3 Å². The minimum absolute atomic E-state index is 0.142. The molecule has 2 N–H and O–H groups in total. The van der Waals surface area contributed by atoms with E-state index in [1.165, 1.54) is 11.1 Å². The van der Waals surface area contributed by atoms with Crippen molar-refractivity contribution in [1.29, 1.82) is 0 Å². The molecule has 2 aliphatic rings. The second kappa shape index (κ2) is 6.24. The molecule has 4 rings (SSSR count). The Morgan fingerprint density at radius 3 is 2.83 bits per heavy atom. The SMILES string of the molecule is Cc1c(N2Cc3cnc(OC4CCNCC4)cc3C2)cn[nH]c1=O. The summed E-state index contributed by atoms with van der Waals surface area (Å²) in [4.78, 5) is 18.4. The standard InChI is InChI=1S/C17H21N5O2/c1-11-15(8-20-21-17(11)23)22-9-12-6-16(19-7-13(12)10-22)24-14-2-4-18-5-3-14/h6-8,14,18H,2-5,9-10H2,1H3,(H,21,23). The first-order valence-corrected chi connectivity index (χ1v) is 8.35. The van der Waals surface area contributed by atoms with Gasteiger partial charge in [0.05, 0.1) is 11.9 Å². The molecule has 2 aromatic rings. The van der Waals surface area contributed by atoms with Gasteiger partial charge in [-0.15, -0.1) is 0 Å². The number of nitrogens with zero attached hydrogens (tertiary/aromatic N) is 3. The van der Waals surface area contributed by atoms with E-state index in [2.05, 4.69) is 25.4 Å². The number of nitrogens with one attached hydrogen (secondary N) is 2. The first-order valence-electron chi connectivity index (χ1n) is 8.35. The number of ether oxygens (including phenoxy) is 1. The molecule has 24 heavy (non-hydrogen) atoms. The number of hydrogen-bond acceptors (Lipinski definition) is 6. The molecule has 0 saturated carbocycles. The summed E-state index contributed by atoms with van der Waals surface area (Å²) in [6.07, 6.45) is 5.88. The molecule has 0 aliphatic carbocycles. The molecule has 1 fully saturated rings. The van der Waals surface area contributed by atoms with Crippen LogP contribution in [0.25, 0.3) is 0 Å². The Morgan fingerprint density at radius 1 is 1.21 bits per heavy atom. The van der Waals surface area contributed by atoms with Crippen LogP contribution in [0.5, 0.6) is 5.88 Å². The average Bonchev–Trinajstić information content (AvgIpc) is 3.01. The predicted molar refractivity (Wildman–Crippen MR) is 90.2 cm³/mol. The van der Waals surface area contributed by atoms with Gasteiger partial charge < -0.3 is 15.0 Å². The van der Waals surface area contributed by atoms with Gasteiger partial charge in [0.15, 0.2) is 0 Å². The van der Waals surface area contributed by atoms with Gasteiger partial charge in [-0.2, -0.15) is 5.10 Å². The Bertz CT molecular complexity index is 798. The Kier molecular flexibility index (Phi) is 3.93. The number of fused-ring (bicyclic) bond motifs is 1. The van der Waals surface area contributed by atoms with Crippen molar-refractivity contribution in [2.75, 3.05) is 18.0 Å². The lowest BCUT2D eigenvalue weighted by atomic mass is 10.1. The van der Waals surface area contributed by atoms with Gasteiger partial charge in [0.25, 0.3) is 5.56 Å². The quantitative estimate of drug-likeness (QED) is 0.879. The van der Waals surface area contributed by atoms with Crippen molar-refractivity contribution in [2.45, 2.75) is 39.0 Å². The molecule has 1 saturated heterocycles. The van der Waals surface area contributed by atoms with Crippen LogP contribution in [0, 0.1) is 6.92 Å². The molecule has 2 aliphatic heterocycles. The molecule has 4 heterocycles. The zero-order valence-corrected chi connectivity index (χ0v) is 13.7. The summed E-state index contributed by atoms with van der Waals surface area (Å²) in [6, 6.07) is 2.04. The molecule has 0 aromatic carbocycles. The Morgan fingerprint density at radius 2 is 2.00 bits per heavy atom. The maximum absolute atomic E-state index is 11.8. The first kappa shape index (κ1) is 15.1. The van der Waals surface area contributed by atoms with E-state index in [9.17, 15) is 4.79 Å². The highest BCUT2D eigenvalue weighted by atomic mass is 16.5. The molecule has 0 spiro atoms. The molecule has 0 radical (unpaired) electrons. The lowest BCUT2D eigenvalue weighted by Crippen LogP contribution is -2.34. The number of rotatable bonds is 3. The van der Waals surface area contributed by atoms with E-state index >= 15 is 0 Å². The molecule has 0 bridgehead atoms. The minimum atomic E-state index is -0.142. The molecule has 7 heteroatoms. The highest BCUT2D eigenvalue weighted by Crippen LogP contribution is 2.30. The summed E-state index contributed by atoms with van der Waals surface area (Å²) in [5, 5.41) is 9.73. The number of anilines is 1. The number of hydrogen-bond donors (Lipinski definition) is 2. The fraction of sp³-hybridized carbons (Fsp3) is 0.471. The Hall–Kier alpha value is -2.41. The van der Waals surface area contributed by atoms with Crippen molar-refractivity contribution in [1.82, 2.24) is 20.5 Å². The summed E-state index contributed by atoms with van der Waals surface area (Å²) in [5.74, 6) is 0.697. The molecule has 0 amide bonds. The number of piperidine rings is 1. The first-order chi connectivity index (χ1) is 11.7. The third-order valence-electron chi connectivity index (χ3n) is 4.77. The third kappa shape index (κ3) is 2.87. The molecule has 126 valence electrons. The van der Waals surface area contributed by atoms with Gasteiger partial charge in [-0.1, -0.05) is 0 Å². The van der Waals surface area contributed by atoms with E-state index in [0.717, 1.165) is 44.7 Å². The lowest BCUT2D eigenvalue weighted by Gasteiger charge is -2.23. The zero-order valence-electron chi connectivity index (χ0n) is 13.7. The molecule has 2 aromatic heterocycles. The van der Waals surface area contributed by atoms with E-state index in [-0.39, 0.29) is 11.7 Å². The van der Waals surface area contributed by atoms with Crippen molar-refractivity contribution in [2.24, 2.45) is 0 Å². The minimum Gasteiger partial charge on any atom is -0.474 e. The number of aromatic amines is 1. The summed E-state index contributed by atoms with van der Waals surface area (Å²) >= 11 is 0. The van der Waals surface area contributed by atoms with Crippen LogP contribution in [0.1, 0.15) is 29.5 Å². The van der Waals surface area contributed by atoms with Crippen molar-refractivity contribution in [3.63, 3.8) is 0 Å². The van der Waals surface area contributed by atoms with Crippen molar-refractivity contribution in [3.8, 4) is 5.88 Å². The molecular formula is C17H21N5O2. The van der Waals surface area contributed by atoms with Crippen LogP contribution >= 0.6 is 0 Å². The van der Waals surface area contributed by atoms with Crippen LogP contribution in [-0.2, 0) is 13.1 Å². The van der Waals surface area contributed by atoms with Gasteiger partial charge in [0.1, 0.15) is 6.10 Å². The van der Waals surface area contributed by atoms with Gasteiger partial charge in [-0.05, 0) is 44.0 Å². The topological polar surface area (TPSA) is 83.1 Å². The van der Waals surface area contributed by atoms with E-state index in [0.29, 0.717) is 11.4 Å². The largest absolute Gasteiger partial charge is 0.474 e. The van der Waals surface area contributed by atoms with E-state index in [1.807, 2.05) is 19.2 Å². The molecule has 7 nitrogen and oxygen atoms in total. The molecule has 0 atom stereocenters. The van der Waals surface area contributed by atoms with Gasteiger partial charge in [0, 0.05) is 30.9 Å². The average molecular weight is 327 g/mol. The lowest BCUT2D eigenvalue weighted by molar-refractivity contribution is 0.156. The number of H-pyrrole nitrogens is 1. The highest BCUT2D eigenvalue weighted by molar-refractivity contribution is 5.54. The second-order valence-electron chi connectivity index (χ2n) is 6.42. The summed E-state index contributed by atoms with van der Waals surface area (Å²) < 4.78 is 6.03. The van der Waals surface area contributed by atoms with Gasteiger partial charge >= 0.3 is 0 Å². The van der Waals surface area contributed by atoms with Crippen molar-refractivity contribution < 1.29 is 4.74 Å². The van der Waals surface area contributed by atoms with Crippen LogP contribution in [0.2, 0.25) is 0 Å². The second-order valence-corrected chi connectivity index (χ2v) is 6.42. The van der Waals surface area contributed by atoms with Crippen molar-refractivity contribution >= 4 is 5.69 Å². The fourth-order valence-electron chi connectivity index (χ4n) is 3.35. The normalized spacial score (nSPS) is 17.8. The van der Waals surface area contributed by atoms with Gasteiger partial charge in [-0.3, -0.25) is 4.79 Å². The Labute approximate surface area is 140 Å². The zero-order chi connectivity index (χ0) is 16.5. The Balaban J connectivity index is 1.52. The maximum Gasteiger partial charge on any atom is 0.269 e. The summed E-state index contributed by atoms with van der Waals surface area (Å²) in [5.41, 5.74) is 3.80. The van der Waals surface area contributed by atoms with Crippen molar-refractivity contribution in [3.05, 3.63) is 45.5 Å².